The Morgan fingerprint density at radius 3 is 2.72 bits per heavy atom. The zero-order valence-corrected chi connectivity index (χ0v) is 12.0. The van der Waals surface area contributed by atoms with E-state index in [4.69, 9.17) is 40.5 Å². The van der Waals surface area contributed by atoms with E-state index in [0.29, 0.717) is 24.8 Å². The number of hydrogen-bond donors (Lipinski definition) is 1. The van der Waals surface area contributed by atoms with Crippen LogP contribution in [0.15, 0.2) is 23.1 Å². The second-order valence-electron chi connectivity index (χ2n) is 3.42. The standard InChI is InChI=1S/C11H7Cl2NO2S2/c12-7-2-1-6(8(13)4-7)3-9-10(16)14(5-15)11(17)18-9/h1-4,15H,5H2. The first-order chi connectivity index (χ1) is 8.52. The molecule has 0 bridgehead atoms. The summed E-state index contributed by atoms with van der Waals surface area (Å²) in [5.41, 5.74) is 0.680. The molecule has 1 fully saturated rings. The fraction of sp³-hybridized carbons (Fsp3) is 0.0909. The van der Waals surface area contributed by atoms with Crippen LogP contribution in [0.3, 0.4) is 0 Å². The molecule has 0 saturated carbocycles. The van der Waals surface area contributed by atoms with Gasteiger partial charge in [-0.25, -0.2) is 0 Å². The molecule has 1 amide bonds. The van der Waals surface area contributed by atoms with Crippen molar-refractivity contribution in [3.63, 3.8) is 0 Å². The first-order valence-corrected chi connectivity index (χ1v) is 6.82. The van der Waals surface area contributed by atoms with E-state index in [1.807, 2.05) is 0 Å². The number of thioether (sulfide) groups is 1. The molecule has 1 saturated heterocycles. The molecule has 2 rings (SSSR count). The van der Waals surface area contributed by atoms with Crippen LogP contribution in [0.1, 0.15) is 5.56 Å². The number of carbonyl (C=O) groups excluding carboxylic acids is 1. The average Bonchev–Trinajstić information content (AvgIpc) is 2.58. The Kier molecular flexibility index (Phi) is 4.29. The number of nitrogens with zero attached hydrogens (tertiary/aromatic N) is 1. The molecule has 0 aromatic heterocycles. The Bertz CT molecular complexity index is 560. The maximum atomic E-state index is 11.8. The van der Waals surface area contributed by atoms with Gasteiger partial charge in [0.15, 0.2) is 0 Å². The number of carbonyl (C=O) groups is 1. The van der Waals surface area contributed by atoms with E-state index in [0.717, 1.165) is 16.7 Å². The van der Waals surface area contributed by atoms with E-state index < -0.39 is 6.73 Å². The number of thiocarbonyl (C=S) groups is 1. The van der Waals surface area contributed by atoms with Crippen LogP contribution in [0, 0.1) is 0 Å². The molecule has 7 heteroatoms. The number of halogens is 2. The number of aliphatic hydroxyl groups is 1. The highest BCUT2D eigenvalue weighted by molar-refractivity contribution is 8.26. The Morgan fingerprint density at radius 1 is 1.44 bits per heavy atom. The SMILES string of the molecule is O=C1C(=Cc2ccc(Cl)cc2Cl)SC(=S)N1CO. The van der Waals surface area contributed by atoms with Gasteiger partial charge in [0.25, 0.3) is 5.91 Å². The topological polar surface area (TPSA) is 40.5 Å². The molecular weight excluding hydrogens is 313 g/mol. The summed E-state index contributed by atoms with van der Waals surface area (Å²) in [5, 5.41) is 10.00. The van der Waals surface area contributed by atoms with Gasteiger partial charge in [-0.05, 0) is 23.8 Å². The van der Waals surface area contributed by atoms with Crippen molar-refractivity contribution in [3.8, 4) is 0 Å². The highest BCUT2D eigenvalue weighted by atomic mass is 35.5. The summed E-state index contributed by atoms with van der Waals surface area (Å²) in [5.74, 6) is -0.321. The number of rotatable bonds is 2. The van der Waals surface area contributed by atoms with Gasteiger partial charge in [-0.3, -0.25) is 9.69 Å². The van der Waals surface area contributed by atoms with E-state index in [1.165, 1.54) is 0 Å². The third-order valence-electron chi connectivity index (χ3n) is 2.26. The summed E-state index contributed by atoms with van der Waals surface area (Å²) in [6.07, 6.45) is 1.63. The molecule has 1 aliphatic rings. The average molecular weight is 320 g/mol. The molecule has 1 heterocycles. The van der Waals surface area contributed by atoms with Gasteiger partial charge in [-0.1, -0.05) is 53.2 Å². The van der Waals surface area contributed by atoms with Crippen LogP contribution in [0.5, 0.6) is 0 Å². The highest BCUT2D eigenvalue weighted by Crippen LogP contribution is 2.33. The highest BCUT2D eigenvalue weighted by Gasteiger charge is 2.31. The summed E-state index contributed by atoms with van der Waals surface area (Å²) >= 11 is 17.9. The molecule has 1 aliphatic heterocycles. The lowest BCUT2D eigenvalue weighted by Crippen LogP contribution is -2.28. The fourth-order valence-electron chi connectivity index (χ4n) is 1.38. The Hall–Kier alpha value is -0.590. The minimum Gasteiger partial charge on any atom is -0.376 e. The monoisotopic (exact) mass is 319 g/mol. The zero-order valence-electron chi connectivity index (χ0n) is 8.89. The Balaban J connectivity index is 2.35. The van der Waals surface area contributed by atoms with Crippen molar-refractivity contribution in [1.82, 2.24) is 4.90 Å². The summed E-state index contributed by atoms with van der Waals surface area (Å²) in [6.45, 7) is -0.420. The summed E-state index contributed by atoms with van der Waals surface area (Å²) < 4.78 is 0.332. The molecule has 0 radical (unpaired) electrons. The molecule has 0 spiro atoms. The van der Waals surface area contributed by atoms with Gasteiger partial charge in [0.2, 0.25) is 0 Å². The molecule has 1 N–H and O–H groups in total. The molecule has 94 valence electrons. The molecule has 0 aliphatic carbocycles. The van der Waals surface area contributed by atoms with Crippen molar-refractivity contribution in [2.75, 3.05) is 6.73 Å². The number of hydrogen-bond acceptors (Lipinski definition) is 4. The van der Waals surface area contributed by atoms with E-state index in [9.17, 15) is 4.79 Å². The number of aliphatic hydroxyl groups excluding tert-OH is 1. The molecule has 1 aromatic rings. The predicted molar refractivity (Wildman–Crippen MR) is 78.6 cm³/mol. The van der Waals surface area contributed by atoms with Crippen LogP contribution in [0.4, 0.5) is 0 Å². The van der Waals surface area contributed by atoms with Crippen molar-refractivity contribution >= 4 is 63.5 Å². The maximum absolute atomic E-state index is 11.8. The maximum Gasteiger partial charge on any atom is 0.268 e. The first-order valence-electron chi connectivity index (χ1n) is 4.84. The smallest absolute Gasteiger partial charge is 0.268 e. The van der Waals surface area contributed by atoms with Gasteiger partial charge in [-0.2, -0.15) is 0 Å². The largest absolute Gasteiger partial charge is 0.376 e. The first kappa shape index (κ1) is 13.8. The van der Waals surface area contributed by atoms with E-state index >= 15 is 0 Å². The van der Waals surface area contributed by atoms with Gasteiger partial charge >= 0.3 is 0 Å². The number of amides is 1. The van der Waals surface area contributed by atoms with Crippen LogP contribution in [-0.4, -0.2) is 27.0 Å². The van der Waals surface area contributed by atoms with Crippen molar-refractivity contribution in [1.29, 1.82) is 0 Å². The van der Waals surface area contributed by atoms with E-state index in [2.05, 4.69) is 0 Å². The minimum absolute atomic E-state index is 0.321. The quantitative estimate of drug-likeness (QED) is 0.671. The van der Waals surface area contributed by atoms with Crippen molar-refractivity contribution < 1.29 is 9.90 Å². The lowest BCUT2D eigenvalue weighted by molar-refractivity contribution is -0.124. The van der Waals surface area contributed by atoms with Gasteiger partial charge in [0.1, 0.15) is 11.1 Å². The fourth-order valence-corrected chi connectivity index (χ4v) is 3.08. The van der Waals surface area contributed by atoms with Gasteiger partial charge in [0.05, 0.1) is 4.91 Å². The van der Waals surface area contributed by atoms with Crippen LogP contribution in [-0.2, 0) is 4.79 Å². The van der Waals surface area contributed by atoms with E-state index in [1.54, 1.807) is 24.3 Å². The molecular formula is C11H7Cl2NO2S2. The lowest BCUT2D eigenvalue weighted by atomic mass is 10.2. The van der Waals surface area contributed by atoms with Crippen molar-refractivity contribution in [2.24, 2.45) is 0 Å². The minimum atomic E-state index is -0.420. The summed E-state index contributed by atoms with van der Waals surface area (Å²) in [7, 11) is 0. The van der Waals surface area contributed by atoms with Crippen molar-refractivity contribution in [2.45, 2.75) is 0 Å². The second kappa shape index (κ2) is 5.59. The van der Waals surface area contributed by atoms with Gasteiger partial charge in [0, 0.05) is 10.0 Å². The van der Waals surface area contributed by atoms with Crippen LogP contribution in [0.2, 0.25) is 10.0 Å². The molecule has 18 heavy (non-hydrogen) atoms. The van der Waals surface area contributed by atoms with Gasteiger partial charge < -0.3 is 5.11 Å². The lowest BCUT2D eigenvalue weighted by Gasteiger charge is -2.08. The van der Waals surface area contributed by atoms with Crippen LogP contribution in [0.25, 0.3) is 6.08 Å². The molecule has 3 nitrogen and oxygen atoms in total. The molecule has 0 atom stereocenters. The number of benzene rings is 1. The van der Waals surface area contributed by atoms with Crippen LogP contribution < -0.4 is 0 Å². The zero-order chi connectivity index (χ0) is 13.3. The summed E-state index contributed by atoms with van der Waals surface area (Å²) in [6, 6.07) is 5.00. The normalized spacial score (nSPS) is 17.9. The second-order valence-corrected chi connectivity index (χ2v) is 5.94. The predicted octanol–water partition coefficient (Wildman–Crippen LogP) is 3.14. The van der Waals surface area contributed by atoms with Crippen molar-refractivity contribution in [3.05, 3.63) is 38.7 Å². The van der Waals surface area contributed by atoms with E-state index in [-0.39, 0.29) is 5.91 Å². The van der Waals surface area contributed by atoms with Gasteiger partial charge in [-0.15, -0.1) is 0 Å². The third-order valence-corrected chi connectivity index (χ3v) is 4.20. The molecule has 1 aromatic carbocycles. The van der Waals surface area contributed by atoms with Crippen LogP contribution >= 0.6 is 47.2 Å². The Labute approximate surface area is 123 Å². The molecule has 0 unspecified atom stereocenters. The third kappa shape index (κ3) is 2.70. The summed E-state index contributed by atoms with van der Waals surface area (Å²) in [4.78, 5) is 13.4. The Morgan fingerprint density at radius 2 is 2.17 bits per heavy atom.